The molecule has 20 heavy (non-hydrogen) atoms. The number of nitrogen functional groups attached to an aromatic ring is 1. The summed E-state index contributed by atoms with van der Waals surface area (Å²) in [5.41, 5.74) is 6.91. The molecule has 1 aromatic rings. The molecular weight excluding hydrogens is 270 g/mol. The van der Waals surface area contributed by atoms with Gasteiger partial charge in [0.1, 0.15) is 4.88 Å². The minimum Gasteiger partial charge on any atom is -0.397 e. The average Bonchev–Trinajstić information content (AvgIpc) is 2.94. The number of carbonyl (C=O) groups excluding carboxylic acids is 1. The highest BCUT2D eigenvalue weighted by Gasteiger charge is 2.32. The lowest BCUT2D eigenvalue weighted by Gasteiger charge is -2.27. The number of carbonyl (C=O) groups is 1. The van der Waals surface area contributed by atoms with Gasteiger partial charge in [-0.25, -0.2) is 0 Å². The van der Waals surface area contributed by atoms with Gasteiger partial charge < -0.3 is 16.0 Å². The van der Waals surface area contributed by atoms with E-state index in [-0.39, 0.29) is 5.91 Å². The molecule has 0 bridgehead atoms. The van der Waals surface area contributed by atoms with Crippen LogP contribution >= 0.6 is 11.3 Å². The zero-order chi connectivity index (χ0) is 14.9. The first-order chi connectivity index (χ1) is 9.32. The van der Waals surface area contributed by atoms with E-state index < -0.39 is 0 Å². The molecule has 1 amide bonds. The maximum atomic E-state index is 11.9. The summed E-state index contributed by atoms with van der Waals surface area (Å²) in [5, 5.41) is 3.93. The molecule has 1 aliphatic rings. The molecule has 1 atom stereocenters. The van der Waals surface area contributed by atoms with Gasteiger partial charge in [0.25, 0.3) is 5.91 Å². The van der Waals surface area contributed by atoms with E-state index in [1.54, 1.807) is 0 Å². The number of rotatable bonds is 3. The summed E-state index contributed by atoms with van der Waals surface area (Å²) in [7, 11) is 0. The first-order valence-corrected chi connectivity index (χ1v) is 8.07. The van der Waals surface area contributed by atoms with Crippen LogP contribution in [0.3, 0.4) is 0 Å². The van der Waals surface area contributed by atoms with Crippen LogP contribution in [0, 0.1) is 11.3 Å². The lowest BCUT2D eigenvalue weighted by molar-refractivity contribution is 0.0960. The van der Waals surface area contributed by atoms with Crippen molar-refractivity contribution in [2.75, 3.05) is 30.3 Å². The van der Waals surface area contributed by atoms with Gasteiger partial charge in [-0.05, 0) is 30.7 Å². The topological polar surface area (TPSA) is 58.4 Å². The van der Waals surface area contributed by atoms with Crippen LogP contribution < -0.4 is 16.0 Å². The molecular formula is C15H25N3OS. The van der Waals surface area contributed by atoms with Crippen molar-refractivity contribution in [2.24, 2.45) is 11.3 Å². The van der Waals surface area contributed by atoms with Crippen molar-refractivity contribution in [2.45, 2.75) is 34.1 Å². The molecule has 5 heteroatoms. The van der Waals surface area contributed by atoms with E-state index in [4.69, 9.17) is 5.73 Å². The Morgan fingerprint density at radius 1 is 1.55 bits per heavy atom. The fourth-order valence-electron chi connectivity index (χ4n) is 2.63. The van der Waals surface area contributed by atoms with E-state index in [0.29, 0.717) is 28.4 Å². The van der Waals surface area contributed by atoms with Gasteiger partial charge in [0, 0.05) is 19.6 Å². The lowest BCUT2D eigenvalue weighted by Crippen LogP contribution is -2.25. The second-order valence-electron chi connectivity index (χ2n) is 6.53. The van der Waals surface area contributed by atoms with Crippen LogP contribution in [0.2, 0.25) is 0 Å². The number of amides is 1. The average molecular weight is 295 g/mol. The Morgan fingerprint density at radius 3 is 2.80 bits per heavy atom. The van der Waals surface area contributed by atoms with Crippen molar-refractivity contribution in [3.05, 3.63) is 10.9 Å². The van der Waals surface area contributed by atoms with Gasteiger partial charge in [0.2, 0.25) is 0 Å². The molecule has 1 aromatic heterocycles. The minimum absolute atomic E-state index is 0.0622. The summed E-state index contributed by atoms with van der Waals surface area (Å²) in [6.45, 7) is 11.5. The molecule has 0 aromatic carbocycles. The van der Waals surface area contributed by atoms with Gasteiger partial charge >= 0.3 is 0 Å². The van der Waals surface area contributed by atoms with Crippen LogP contribution in [0.15, 0.2) is 6.07 Å². The third-order valence-corrected chi connectivity index (χ3v) is 5.23. The minimum atomic E-state index is -0.0622. The molecule has 4 nitrogen and oxygen atoms in total. The zero-order valence-electron chi connectivity index (χ0n) is 12.8. The summed E-state index contributed by atoms with van der Waals surface area (Å²) in [6, 6.07) is 1.94. The first kappa shape index (κ1) is 15.2. The molecule has 3 N–H and O–H groups in total. The molecule has 1 fully saturated rings. The quantitative estimate of drug-likeness (QED) is 0.901. The van der Waals surface area contributed by atoms with Gasteiger partial charge in [0.05, 0.1) is 10.7 Å². The molecule has 1 unspecified atom stereocenters. The van der Waals surface area contributed by atoms with E-state index >= 15 is 0 Å². The highest BCUT2D eigenvalue weighted by atomic mass is 32.1. The SMILES string of the molecule is CCNC(=O)c1sc(N2CCC(C(C)(C)C)C2)cc1N. The number of thiophene rings is 1. The normalized spacial score (nSPS) is 19.4. The van der Waals surface area contributed by atoms with E-state index in [9.17, 15) is 4.79 Å². The van der Waals surface area contributed by atoms with Gasteiger partial charge in [-0.3, -0.25) is 4.79 Å². The molecule has 0 radical (unpaired) electrons. The second-order valence-corrected chi connectivity index (χ2v) is 7.56. The number of nitrogens with two attached hydrogens (primary N) is 1. The van der Waals surface area contributed by atoms with Crippen LogP contribution in [-0.4, -0.2) is 25.5 Å². The highest BCUT2D eigenvalue weighted by molar-refractivity contribution is 7.18. The number of hydrogen-bond acceptors (Lipinski definition) is 4. The molecule has 2 rings (SSSR count). The summed E-state index contributed by atoms with van der Waals surface area (Å²) < 4.78 is 0. The van der Waals surface area contributed by atoms with Crippen molar-refractivity contribution in [3.8, 4) is 0 Å². The molecule has 0 spiro atoms. The first-order valence-electron chi connectivity index (χ1n) is 7.25. The van der Waals surface area contributed by atoms with Crippen LogP contribution in [-0.2, 0) is 0 Å². The number of anilines is 2. The zero-order valence-corrected chi connectivity index (χ0v) is 13.6. The number of nitrogens with one attached hydrogen (secondary N) is 1. The molecule has 1 aliphatic heterocycles. The van der Waals surface area contributed by atoms with Crippen molar-refractivity contribution in [3.63, 3.8) is 0 Å². The third kappa shape index (κ3) is 3.08. The van der Waals surface area contributed by atoms with Crippen molar-refractivity contribution in [1.29, 1.82) is 0 Å². The molecule has 112 valence electrons. The van der Waals surface area contributed by atoms with Gasteiger partial charge in [-0.15, -0.1) is 11.3 Å². The maximum Gasteiger partial charge on any atom is 0.263 e. The van der Waals surface area contributed by atoms with E-state index in [0.717, 1.165) is 18.1 Å². The Bertz CT molecular complexity index is 490. The van der Waals surface area contributed by atoms with Gasteiger partial charge in [0.15, 0.2) is 0 Å². The maximum absolute atomic E-state index is 11.9. The summed E-state index contributed by atoms with van der Waals surface area (Å²) >= 11 is 1.51. The summed E-state index contributed by atoms with van der Waals surface area (Å²) in [6.07, 6.45) is 1.21. The predicted octanol–water partition coefficient (Wildman–Crippen LogP) is 2.95. The molecule has 1 saturated heterocycles. The van der Waals surface area contributed by atoms with Crippen molar-refractivity contribution < 1.29 is 4.79 Å². The highest BCUT2D eigenvalue weighted by Crippen LogP contribution is 2.39. The number of hydrogen-bond donors (Lipinski definition) is 2. The Balaban J connectivity index is 2.12. The van der Waals surface area contributed by atoms with Crippen molar-refractivity contribution >= 4 is 27.9 Å². The Labute approximate surface area is 125 Å². The molecule has 0 saturated carbocycles. The lowest BCUT2D eigenvalue weighted by atomic mass is 9.80. The fourth-order valence-corrected chi connectivity index (χ4v) is 3.66. The van der Waals surface area contributed by atoms with E-state index in [1.807, 2.05) is 13.0 Å². The third-order valence-electron chi connectivity index (χ3n) is 4.02. The Morgan fingerprint density at radius 2 is 2.25 bits per heavy atom. The van der Waals surface area contributed by atoms with E-state index in [2.05, 4.69) is 31.0 Å². The smallest absolute Gasteiger partial charge is 0.263 e. The molecule has 2 heterocycles. The standard InChI is InChI=1S/C15H25N3OS/c1-5-17-14(19)13-11(16)8-12(20-13)18-7-6-10(9-18)15(2,3)4/h8,10H,5-7,9,16H2,1-4H3,(H,17,19). The van der Waals surface area contributed by atoms with Gasteiger partial charge in [-0.2, -0.15) is 0 Å². The monoisotopic (exact) mass is 295 g/mol. The second kappa shape index (κ2) is 5.64. The summed E-state index contributed by atoms with van der Waals surface area (Å²) in [4.78, 5) is 14.9. The van der Waals surface area contributed by atoms with E-state index in [1.165, 1.54) is 17.8 Å². The fraction of sp³-hybridized carbons (Fsp3) is 0.667. The van der Waals surface area contributed by atoms with Crippen LogP contribution in [0.4, 0.5) is 10.7 Å². The Hall–Kier alpha value is -1.23. The largest absolute Gasteiger partial charge is 0.397 e. The summed E-state index contributed by atoms with van der Waals surface area (Å²) in [5.74, 6) is 0.631. The van der Waals surface area contributed by atoms with Crippen LogP contribution in [0.1, 0.15) is 43.8 Å². The van der Waals surface area contributed by atoms with Crippen LogP contribution in [0.5, 0.6) is 0 Å². The predicted molar refractivity (Wildman–Crippen MR) is 86.5 cm³/mol. The van der Waals surface area contributed by atoms with Crippen molar-refractivity contribution in [1.82, 2.24) is 5.32 Å². The Kier molecular flexibility index (Phi) is 4.28. The van der Waals surface area contributed by atoms with Gasteiger partial charge in [-0.1, -0.05) is 20.8 Å². The molecule has 0 aliphatic carbocycles. The number of nitrogens with zero attached hydrogens (tertiary/aromatic N) is 1. The van der Waals surface area contributed by atoms with Crippen LogP contribution in [0.25, 0.3) is 0 Å².